The molecule has 0 saturated carbocycles. The minimum atomic E-state index is -0.736. The van der Waals surface area contributed by atoms with Crippen LogP contribution >= 0.6 is 0 Å². The second-order valence-electron chi connectivity index (χ2n) is 7.43. The molecule has 154 valence electrons. The van der Waals surface area contributed by atoms with Gasteiger partial charge in [0.15, 0.2) is 0 Å². The number of allylic oxidation sites excluding steroid dienone is 2. The highest BCUT2D eigenvalue weighted by Crippen LogP contribution is 2.16. The van der Waals surface area contributed by atoms with Crippen molar-refractivity contribution in [2.75, 3.05) is 13.2 Å². The second kappa shape index (κ2) is 18.9. The highest BCUT2D eigenvalue weighted by molar-refractivity contribution is 5.70. The van der Waals surface area contributed by atoms with Crippen LogP contribution in [0.15, 0.2) is 12.2 Å². The van der Waals surface area contributed by atoms with Gasteiger partial charge in [-0.15, -0.1) is 0 Å². The van der Waals surface area contributed by atoms with Gasteiger partial charge in [0.05, 0.1) is 12.5 Å². The maximum Gasteiger partial charge on any atom is 0.308 e. The number of aliphatic carboxylic acids is 1. The van der Waals surface area contributed by atoms with Crippen LogP contribution in [0.2, 0.25) is 0 Å². The molecule has 0 aromatic carbocycles. The summed E-state index contributed by atoms with van der Waals surface area (Å²) in [4.78, 5) is 11.4. The first-order valence-electron chi connectivity index (χ1n) is 10.9. The molecule has 2 atom stereocenters. The number of aliphatic hydroxyl groups excluding tert-OH is 1. The summed E-state index contributed by atoms with van der Waals surface area (Å²) in [5.74, 6) is -1.10. The van der Waals surface area contributed by atoms with Crippen molar-refractivity contribution in [3.05, 3.63) is 12.2 Å². The molecule has 0 spiro atoms. The van der Waals surface area contributed by atoms with Crippen LogP contribution < -0.4 is 5.32 Å². The summed E-state index contributed by atoms with van der Waals surface area (Å²) in [6, 6.07) is -0.0930. The van der Waals surface area contributed by atoms with Gasteiger partial charge < -0.3 is 15.5 Å². The van der Waals surface area contributed by atoms with Crippen molar-refractivity contribution < 1.29 is 15.0 Å². The number of carboxylic acids is 1. The molecule has 4 heteroatoms. The first-order chi connectivity index (χ1) is 12.6. The Bertz CT molecular complexity index is 344. The molecule has 0 aliphatic rings. The van der Waals surface area contributed by atoms with Crippen LogP contribution in [0, 0.1) is 5.92 Å². The summed E-state index contributed by atoms with van der Waals surface area (Å²) >= 11 is 0. The van der Waals surface area contributed by atoms with Crippen molar-refractivity contribution in [2.45, 2.75) is 103 Å². The average molecular weight is 370 g/mol. The summed E-state index contributed by atoms with van der Waals surface area (Å²) < 4.78 is 0. The van der Waals surface area contributed by atoms with E-state index < -0.39 is 5.97 Å². The number of aliphatic hydroxyl groups is 1. The van der Waals surface area contributed by atoms with E-state index in [0.717, 1.165) is 19.3 Å². The van der Waals surface area contributed by atoms with Crippen LogP contribution in [0.4, 0.5) is 0 Å². The van der Waals surface area contributed by atoms with Gasteiger partial charge in [-0.1, -0.05) is 70.4 Å². The number of rotatable bonds is 19. The quantitative estimate of drug-likeness (QED) is 0.213. The summed E-state index contributed by atoms with van der Waals surface area (Å²) in [6.45, 7) is 4.65. The van der Waals surface area contributed by atoms with E-state index in [1.165, 1.54) is 57.8 Å². The number of carboxylic acid groups (broad SMARTS) is 1. The normalized spacial score (nSPS) is 14.0. The molecular formula is C22H43NO3. The zero-order valence-corrected chi connectivity index (χ0v) is 17.2. The lowest BCUT2D eigenvalue weighted by molar-refractivity contribution is -0.143. The van der Waals surface area contributed by atoms with E-state index in [1.54, 1.807) is 0 Å². The van der Waals surface area contributed by atoms with Crippen molar-refractivity contribution >= 4 is 5.97 Å². The minimum absolute atomic E-state index is 0.0447. The highest BCUT2D eigenvalue weighted by Gasteiger charge is 2.23. The molecule has 3 N–H and O–H groups in total. The number of hydrogen-bond donors (Lipinski definition) is 3. The van der Waals surface area contributed by atoms with Gasteiger partial charge in [0.1, 0.15) is 0 Å². The van der Waals surface area contributed by atoms with E-state index in [2.05, 4.69) is 24.4 Å². The maximum absolute atomic E-state index is 11.4. The molecular weight excluding hydrogens is 326 g/mol. The molecule has 0 amide bonds. The van der Waals surface area contributed by atoms with Gasteiger partial charge in [0, 0.05) is 12.6 Å². The van der Waals surface area contributed by atoms with E-state index in [4.69, 9.17) is 5.11 Å². The van der Waals surface area contributed by atoms with E-state index in [1.807, 2.05) is 6.92 Å². The molecule has 0 aliphatic carbocycles. The van der Waals surface area contributed by atoms with Crippen molar-refractivity contribution in [3.8, 4) is 0 Å². The van der Waals surface area contributed by atoms with Crippen molar-refractivity contribution in [1.82, 2.24) is 5.32 Å². The van der Waals surface area contributed by atoms with Crippen LogP contribution in [0.5, 0.6) is 0 Å². The Hall–Kier alpha value is -0.870. The smallest absolute Gasteiger partial charge is 0.308 e. The summed E-state index contributed by atoms with van der Waals surface area (Å²) in [7, 11) is 0. The van der Waals surface area contributed by atoms with Crippen molar-refractivity contribution in [1.29, 1.82) is 0 Å². The fourth-order valence-electron chi connectivity index (χ4n) is 3.28. The zero-order valence-electron chi connectivity index (χ0n) is 17.2. The molecule has 0 aliphatic heterocycles. The Morgan fingerprint density at radius 1 is 0.923 bits per heavy atom. The van der Waals surface area contributed by atoms with Crippen LogP contribution in [0.1, 0.15) is 97.3 Å². The first kappa shape index (κ1) is 25.1. The van der Waals surface area contributed by atoms with Crippen LogP contribution in [0.25, 0.3) is 0 Å². The lowest BCUT2D eigenvalue weighted by Gasteiger charge is -2.21. The van der Waals surface area contributed by atoms with Crippen LogP contribution in [-0.2, 0) is 4.79 Å². The fourth-order valence-corrected chi connectivity index (χ4v) is 3.28. The van der Waals surface area contributed by atoms with Gasteiger partial charge in [-0.25, -0.2) is 0 Å². The Labute approximate surface area is 161 Å². The highest BCUT2D eigenvalue weighted by atomic mass is 16.4. The first-order valence-corrected chi connectivity index (χ1v) is 10.9. The van der Waals surface area contributed by atoms with Gasteiger partial charge in [0.25, 0.3) is 0 Å². The molecule has 2 unspecified atom stereocenters. The zero-order chi connectivity index (χ0) is 19.5. The Balaban J connectivity index is 3.55. The lowest BCUT2D eigenvalue weighted by atomic mass is 9.94. The summed E-state index contributed by atoms with van der Waals surface area (Å²) in [5.41, 5.74) is 0. The number of hydrogen-bond acceptors (Lipinski definition) is 3. The van der Waals surface area contributed by atoms with Gasteiger partial charge in [0.2, 0.25) is 0 Å². The molecule has 0 aromatic heterocycles. The van der Waals surface area contributed by atoms with E-state index in [-0.39, 0.29) is 18.6 Å². The fraction of sp³-hybridized carbons (Fsp3) is 0.864. The van der Waals surface area contributed by atoms with E-state index in [0.29, 0.717) is 13.0 Å². The molecule has 26 heavy (non-hydrogen) atoms. The average Bonchev–Trinajstić information content (AvgIpc) is 2.62. The van der Waals surface area contributed by atoms with Crippen molar-refractivity contribution in [2.24, 2.45) is 5.92 Å². The summed E-state index contributed by atoms with van der Waals surface area (Å²) in [5, 5.41) is 21.2. The largest absolute Gasteiger partial charge is 0.481 e. The standard InChI is InChI=1S/C22H43NO3/c1-3-4-5-6-7-8-9-10-11-12-13-14-15-16-17-21(22(25)26)20(2)23-18-19-24/h10-11,20-21,23-24H,3-9,12-19H2,1-2H3,(H,25,26). The third kappa shape index (κ3) is 15.4. The topological polar surface area (TPSA) is 69.6 Å². The third-order valence-electron chi connectivity index (χ3n) is 5.03. The van der Waals surface area contributed by atoms with Gasteiger partial charge in [-0.05, 0) is 39.0 Å². The molecule has 0 aromatic rings. The molecule has 4 nitrogen and oxygen atoms in total. The van der Waals surface area contributed by atoms with Gasteiger partial charge in [-0.3, -0.25) is 4.79 Å². The van der Waals surface area contributed by atoms with Crippen molar-refractivity contribution in [3.63, 3.8) is 0 Å². The van der Waals surface area contributed by atoms with Crippen LogP contribution in [-0.4, -0.2) is 35.4 Å². The Morgan fingerprint density at radius 3 is 2.00 bits per heavy atom. The number of carbonyl (C=O) groups is 1. The molecule has 0 saturated heterocycles. The monoisotopic (exact) mass is 369 g/mol. The van der Waals surface area contributed by atoms with Gasteiger partial charge in [-0.2, -0.15) is 0 Å². The second-order valence-corrected chi connectivity index (χ2v) is 7.43. The Morgan fingerprint density at radius 2 is 1.46 bits per heavy atom. The SMILES string of the molecule is CCCCCCCCC=CCCCCCCC(C(=O)O)C(C)NCCO. The van der Waals surface area contributed by atoms with Crippen LogP contribution in [0.3, 0.4) is 0 Å². The molecule has 0 heterocycles. The lowest BCUT2D eigenvalue weighted by Crippen LogP contribution is -2.39. The Kier molecular flexibility index (Phi) is 18.3. The molecule has 0 rings (SSSR count). The number of unbranched alkanes of at least 4 members (excludes halogenated alkanes) is 10. The van der Waals surface area contributed by atoms with E-state index in [9.17, 15) is 9.90 Å². The van der Waals surface area contributed by atoms with E-state index >= 15 is 0 Å². The van der Waals surface area contributed by atoms with Gasteiger partial charge >= 0.3 is 5.97 Å². The third-order valence-corrected chi connectivity index (χ3v) is 5.03. The minimum Gasteiger partial charge on any atom is -0.481 e. The molecule has 0 radical (unpaired) electrons. The maximum atomic E-state index is 11.4. The molecule has 0 bridgehead atoms. The molecule has 0 fully saturated rings. The number of nitrogens with one attached hydrogen (secondary N) is 1. The predicted octanol–water partition coefficient (Wildman–Crippen LogP) is 5.31. The predicted molar refractivity (Wildman–Crippen MR) is 111 cm³/mol. The summed E-state index contributed by atoms with van der Waals surface area (Å²) in [6.07, 6.45) is 20.3.